The molecule has 0 atom stereocenters. The molecule has 0 aliphatic rings. The SMILES string of the molecule is COc1cccc(Nc2cnnc(NCc3ccccc3OC)n2)c1. The quantitative estimate of drug-likeness (QED) is 0.685. The highest BCUT2D eigenvalue weighted by Crippen LogP contribution is 2.21. The van der Waals surface area contributed by atoms with Crippen molar-refractivity contribution in [3.63, 3.8) is 0 Å². The van der Waals surface area contributed by atoms with Crippen LogP contribution >= 0.6 is 0 Å². The molecule has 0 saturated heterocycles. The summed E-state index contributed by atoms with van der Waals surface area (Å²) in [6, 6.07) is 15.4. The molecule has 0 amide bonds. The van der Waals surface area contributed by atoms with E-state index in [1.807, 2.05) is 48.5 Å². The summed E-state index contributed by atoms with van der Waals surface area (Å²) in [6.07, 6.45) is 1.56. The first-order valence-electron chi connectivity index (χ1n) is 7.75. The number of hydrogen-bond acceptors (Lipinski definition) is 7. The zero-order valence-corrected chi connectivity index (χ0v) is 14.1. The van der Waals surface area contributed by atoms with Gasteiger partial charge in [-0.05, 0) is 18.2 Å². The van der Waals surface area contributed by atoms with Crippen molar-refractivity contribution in [3.05, 3.63) is 60.3 Å². The van der Waals surface area contributed by atoms with Gasteiger partial charge in [0.2, 0.25) is 5.95 Å². The fourth-order valence-electron chi connectivity index (χ4n) is 2.31. The van der Waals surface area contributed by atoms with Gasteiger partial charge in [-0.25, -0.2) is 0 Å². The number of ether oxygens (including phenoxy) is 2. The zero-order valence-electron chi connectivity index (χ0n) is 14.1. The topological polar surface area (TPSA) is 81.2 Å². The van der Waals surface area contributed by atoms with Crippen molar-refractivity contribution in [2.45, 2.75) is 6.54 Å². The average molecular weight is 337 g/mol. The zero-order chi connectivity index (χ0) is 17.5. The van der Waals surface area contributed by atoms with Crippen molar-refractivity contribution in [2.24, 2.45) is 0 Å². The normalized spacial score (nSPS) is 10.2. The van der Waals surface area contributed by atoms with Crippen LogP contribution in [-0.4, -0.2) is 29.4 Å². The first-order chi connectivity index (χ1) is 12.3. The fraction of sp³-hybridized carbons (Fsp3) is 0.167. The number of para-hydroxylation sites is 1. The van der Waals surface area contributed by atoms with E-state index in [2.05, 4.69) is 25.8 Å². The molecule has 0 fully saturated rings. The monoisotopic (exact) mass is 337 g/mol. The summed E-state index contributed by atoms with van der Waals surface area (Å²) in [7, 11) is 3.28. The predicted molar refractivity (Wildman–Crippen MR) is 96.4 cm³/mol. The van der Waals surface area contributed by atoms with Crippen molar-refractivity contribution in [2.75, 3.05) is 24.9 Å². The van der Waals surface area contributed by atoms with Gasteiger partial charge in [-0.3, -0.25) is 0 Å². The molecule has 0 unspecified atom stereocenters. The predicted octanol–water partition coefficient (Wildman–Crippen LogP) is 3.24. The summed E-state index contributed by atoms with van der Waals surface area (Å²) in [4.78, 5) is 4.42. The number of methoxy groups -OCH3 is 2. The van der Waals surface area contributed by atoms with Crippen molar-refractivity contribution < 1.29 is 9.47 Å². The molecular weight excluding hydrogens is 318 g/mol. The van der Waals surface area contributed by atoms with Gasteiger partial charge in [0.1, 0.15) is 11.5 Å². The van der Waals surface area contributed by atoms with E-state index in [1.165, 1.54) is 0 Å². The number of nitrogens with zero attached hydrogens (tertiary/aromatic N) is 3. The molecule has 2 aromatic carbocycles. The van der Waals surface area contributed by atoms with Crippen LogP contribution < -0.4 is 20.1 Å². The second kappa shape index (κ2) is 7.96. The van der Waals surface area contributed by atoms with Crippen LogP contribution in [0.5, 0.6) is 11.5 Å². The van der Waals surface area contributed by atoms with E-state index in [0.29, 0.717) is 18.3 Å². The van der Waals surface area contributed by atoms with Crippen molar-refractivity contribution >= 4 is 17.5 Å². The molecule has 0 aliphatic heterocycles. The Morgan fingerprint density at radius 3 is 2.72 bits per heavy atom. The number of anilines is 3. The molecule has 0 spiro atoms. The van der Waals surface area contributed by atoms with Gasteiger partial charge in [0, 0.05) is 23.9 Å². The smallest absolute Gasteiger partial charge is 0.244 e. The largest absolute Gasteiger partial charge is 0.497 e. The standard InChI is InChI=1S/C18H19N5O2/c1-24-15-8-5-7-14(10-15)21-17-12-20-23-18(22-17)19-11-13-6-3-4-9-16(13)25-2/h3-10,12H,11H2,1-2H3,(H2,19,21,22,23). The Bertz CT molecular complexity index is 841. The number of benzene rings is 2. The van der Waals surface area contributed by atoms with Crippen molar-refractivity contribution in [1.82, 2.24) is 15.2 Å². The van der Waals surface area contributed by atoms with Crippen LogP contribution in [0.4, 0.5) is 17.5 Å². The second-order valence-electron chi connectivity index (χ2n) is 5.19. The molecule has 25 heavy (non-hydrogen) atoms. The number of nitrogens with one attached hydrogen (secondary N) is 2. The summed E-state index contributed by atoms with van der Waals surface area (Å²) in [5, 5.41) is 14.3. The first kappa shape index (κ1) is 16.5. The summed E-state index contributed by atoms with van der Waals surface area (Å²) in [6.45, 7) is 0.536. The molecule has 0 bridgehead atoms. The lowest BCUT2D eigenvalue weighted by atomic mass is 10.2. The van der Waals surface area contributed by atoms with Crippen LogP contribution in [-0.2, 0) is 6.54 Å². The van der Waals surface area contributed by atoms with Crippen LogP contribution in [0.3, 0.4) is 0 Å². The number of aromatic nitrogens is 3. The van der Waals surface area contributed by atoms with Crippen molar-refractivity contribution in [3.8, 4) is 11.5 Å². The van der Waals surface area contributed by atoms with Crippen LogP contribution in [0.15, 0.2) is 54.7 Å². The Labute approximate surface area is 146 Å². The summed E-state index contributed by atoms with van der Waals surface area (Å²) in [5.74, 6) is 2.60. The van der Waals surface area contributed by atoms with E-state index in [9.17, 15) is 0 Å². The average Bonchev–Trinajstić information content (AvgIpc) is 2.67. The van der Waals surface area contributed by atoms with Gasteiger partial charge in [-0.1, -0.05) is 24.3 Å². The number of rotatable bonds is 7. The third-order valence-electron chi connectivity index (χ3n) is 3.53. The van der Waals surface area contributed by atoms with Gasteiger partial charge in [-0.2, -0.15) is 10.1 Å². The van der Waals surface area contributed by atoms with E-state index in [0.717, 1.165) is 22.7 Å². The molecule has 3 rings (SSSR count). The molecule has 1 heterocycles. The fourth-order valence-corrected chi connectivity index (χ4v) is 2.31. The lowest BCUT2D eigenvalue weighted by molar-refractivity contribution is 0.410. The molecule has 7 nitrogen and oxygen atoms in total. The highest BCUT2D eigenvalue weighted by molar-refractivity contribution is 5.58. The Morgan fingerprint density at radius 1 is 1.00 bits per heavy atom. The lowest BCUT2D eigenvalue weighted by Crippen LogP contribution is -2.07. The van der Waals surface area contributed by atoms with Crippen LogP contribution in [0.2, 0.25) is 0 Å². The van der Waals surface area contributed by atoms with E-state index in [-0.39, 0.29) is 0 Å². The molecule has 0 aliphatic carbocycles. The van der Waals surface area contributed by atoms with E-state index < -0.39 is 0 Å². The van der Waals surface area contributed by atoms with Gasteiger partial charge >= 0.3 is 0 Å². The third kappa shape index (κ3) is 4.35. The summed E-state index contributed by atoms with van der Waals surface area (Å²) >= 11 is 0. The van der Waals surface area contributed by atoms with Gasteiger partial charge in [0.25, 0.3) is 0 Å². The Balaban J connectivity index is 1.69. The molecule has 1 aromatic heterocycles. The van der Waals surface area contributed by atoms with E-state index in [4.69, 9.17) is 9.47 Å². The van der Waals surface area contributed by atoms with Gasteiger partial charge in [0.05, 0.1) is 20.4 Å². The third-order valence-corrected chi connectivity index (χ3v) is 3.53. The lowest BCUT2D eigenvalue weighted by Gasteiger charge is -2.10. The first-order valence-corrected chi connectivity index (χ1v) is 7.75. The second-order valence-corrected chi connectivity index (χ2v) is 5.19. The highest BCUT2D eigenvalue weighted by atomic mass is 16.5. The van der Waals surface area contributed by atoms with Gasteiger partial charge in [-0.15, -0.1) is 5.10 Å². The van der Waals surface area contributed by atoms with Crippen LogP contribution in [0.25, 0.3) is 0 Å². The number of hydrogen-bond donors (Lipinski definition) is 2. The minimum absolute atomic E-state index is 0.429. The molecule has 3 aromatic rings. The maximum Gasteiger partial charge on any atom is 0.244 e. The Hall–Kier alpha value is -3.35. The molecule has 7 heteroatoms. The van der Waals surface area contributed by atoms with Gasteiger partial charge < -0.3 is 20.1 Å². The molecule has 0 radical (unpaired) electrons. The summed E-state index contributed by atoms with van der Waals surface area (Å²) in [5.41, 5.74) is 1.87. The highest BCUT2D eigenvalue weighted by Gasteiger charge is 2.05. The Kier molecular flexibility index (Phi) is 5.26. The maximum absolute atomic E-state index is 5.34. The minimum atomic E-state index is 0.429. The molecule has 128 valence electrons. The summed E-state index contributed by atoms with van der Waals surface area (Å²) < 4.78 is 10.6. The van der Waals surface area contributed by atoms with E-state index in [1.54, 1.807) is 20.4 Å². The van der Waals surface area contributed by atoms with Crippen LogP contribution in [0, 0.1) is 0 Å². The van der Waals surface area contributed by atoms with E-state index >= 15 is 0 Å². The molecule has 0 saturated carbocycles. The van der Waals surface area contributed by atoms with Crippen molar-refractivity contribution in [1.29, 1.82) is 0 Å². The van der Waals surface area contributed by atoms with Crippen LogP contribution in [0.1, 0.15) is 5.56 Å². The van der Waals surface area contributed by atoms with Gasteiger partial charge in [0.15, 0.2) is 5.82 Å². The minimum Gasteiger partial charge on any atom is -0.497 e. The molecule has 2 N–H and O–H groups in total. The Morgan fingerprint density at radius 2 is 1.88 bits per heavy atom. The molecular formula is C18H19N5O2. The maximum atomic E-state index is 5.34.